The first kappa shape index (κ1) is 14.2. The van der Waals surface area contributed by atoms with E-state index in [1.807, 2.05) is 0 Å². The van der Waals surface area contributed by atoms with Crippen molar-refractivity contribution in [1.82, 2.24) is 9.97 Å². The molecule has 3 heterocycles. The summed E-state index contributed by atoms with van der Waals surface area (Å²) in [6.45, 7) is 0.608. The second kappa shape index (κ2) is 6.30. The molecule has 3 rings (SSSR count). The van der Waals surface area contributed by atoms with Crippen molar-refractivity contribution in [1.29, 1.82) is 0 Å². The number of aromatic nitrogens is 2. The average Bonchev–Trinajstić information content (AvgIpc) is 2.38. The van der Waals surface area contributed by atoms with E-state index in [0.717, 1.165) is 5.02 Å². The lowest BCUT2D eigenvalue weighted by Crippen LogP contribution is -2.46. The van der Waals surface area contributed by atoms with Crippen LogP contribution in [0.1, 0.15) is 5.56 Å². The second-order valence-electron chi connectivity index (χ2n) is 4.05. The SMILES string of the molecule is Clc1ccncc1.OC1(c2cnccc2Cl)COC1. The monoisotopic (exact) mass is 298 g/mol. The van der Waals surface area contributed by atoms with E-state index in [0.29, 0.717) is 23.8 Å². The highest BCUT2D eigenvalue weighted by Crippen LogP contribution is 2.33. The fraction of sp³-hybridized carbons (Fsp3) is 0.231. The van der Waals surface area contributed by atoms with Gasteiger partial charge in [0.1, 0.15) is 5.60 Å². The molecule has 19 heavy (non-hydrogen) atoms. The van der Waals surface area contributed by atoms with Crippen LogP contribution >= 0.6 is 23.2 Å². The number of hydrogen-bond acceptors (Lipinski definition) is 4. The van der Waals surface area contributed by atoms with Crippen molar-refractivity contribution in [2.75, 3.05) is 13.2 Å². The lowest BCUT2D eigenvalue weighted by molar-refractivity contribution is -0.184. The highest BCUT2D eigenvalue weighted by molar-refractivity contribution is 6.31. The Kier molecular flexibility index (Phi) is 4.71. The molecule has 1 aliphatic rings. The molecule has 0 aliphatic carbocycles. The average molecular weight is 299 g/mol. The zero-order chi connectivity index (χ0) is 13.7. The molecule has 1 fully saturated rings. The third kappa shape index (κ3) is 3.64. The molecule has 100 valence electrons. The van der Waals surface area contributed by atoms with E-state index in [4.69, 9.17) is 27.9 Å². The minimum atomic E-state index is -0.911. The number of aliphatic hydroxyl groups is 1. The largest absolute Gasteiger partial charge is 0.380 e. The topological polar surface area (TPSA) is 55.2 Å². The van der Waals surface area contributed by atoms with E-state index < -0.39 is 5.60 Å². The van der Waals surface area contributed by atoms with Crippen molar-refractivity contribution in [3.05, 3.63) is 58.6 Å². The summed E-state index contributed by atoms with van der Waals surface area (Å²) < 4.78 is 4.91. The summed E-state index contributed by atoms with van der Waals surface area (Å²) in [6, 6.07) is 5.14. The van der Waals surface area contributed by atoms with Crippen LogP contribution in [0.5, 0.6) is 0 Å². The van der Waals surface area contributed by atoms with E-state index in [1.165, 1.54) is 0 Å². The van der Waals surface area contributed by atoms with Crippen molar-refractivity contribution in [3.63, 3.8) is 0 Å². The molecule has 1 saturated heterocycles. The van der Waals surface area contributed by atoms with Crippen molar-refractivity contribution < 1.29 is 9.84 Å². The summed E-state index contributed by atoms with van der Waals surface area (Å²) in [4.78, 5) is 7.65. The van der Waals surface area contributed by atoms with Gasteiger partial charge in [0.05, 0.1) is 13.2 Å². The summed E-state index contributed by atoms with van der Waals surface area (Å²) in [5, 5.41) is 11.1. The van der Waals surface area contributed by atoms with Gasteiger partial charge in [-0.25, -0.2) is 0 Å². The summed E-state index contributed by atoms with van der Waals surface area (Å²) in [5.74, 6) is 0. The predicted octanol–water partition coefficient (Wildman–Crippen LogP) is 2.69. The Labute approximate surface area is 121 Å². The fourth-order valence-corrected chi connectivity index (χ4v) is 1.90. The quantitative estimate of drug-likeness (QED) is 0.879. The number of pyridine rings is 2. The van der Waals surface area contributed by atoms with Gasteiger partial charge in [-0.1, -0.05) is 23.2 Å². The smallest absolute Gasteiger partial charge is 0.139 e. The van der Waals surface area contributed by atoms with Gasteiger partial charge in [0.25, 0.3) is 0 Å². The number of hydrogen-bond donors (Lipinski definition) is 1. The first-order valence-corrected chi connectivity index (χ1v) is 6.33. The van der Waals surface area contributed by atoms with Gasteiger partial charge >= 0.3 is 0 Å². The molecular weight excluding hydrogens is 287 g/mol. The fourth-order valence-electron chi connectivity index (χ4n) is 1.50. The van der Waals surface area contributed by atoms with Crippen LogP contribution in [0.3, 0.4) is 0 Å². The van der Waals surface area contributed by atoms with Gasteiger partial charge in [0, 0.05) is 40.4 Å². The van der Waals surface area contributed by atoms with Gasteiger partial charge in [-0.15, -0.1) is 0 Å². The van der Waals surface area contributed by atoms with Crippen molar-refractivity contribution in [3.8, 4) is 0 Å². The molecule has 0 amide bonds. The van der Waals surface area contributed by atoms with Crippen molar-refractivity contribution in [2.24, 2.45) is 0 Å². The van der Waals surface area contributed by atoms with Gasteiger partial charge in [0.2, 0.25) is 0 Å². The van der Waals surface area contributed by atoms with Crippen LogP contribution in [0.4, 0.5) is 0 Å². The van der Waals surface area contributed by atoms with Gasteiger partial charge in [0.15, 0.2) is 0 Å². The van der Waals surface area contributed by atoms with Gasteiger partial charge in [-0.2, -0.15) is 0 Å². The Balaban J connectivity index is 0.000000163. The van der Waals surface area contributed by atoms with Gasteiger partial charge in [-0.3, -0.25) is 9.97 Å². The first-order chi connectivity index (χ1) is 9.12. The number of ether oxygens (including phenoxy) is 1. The van der Waals surface area contributed by atoms with Crippen LogP contribution in [0, 0.1) is 0 Å². The Bertz CT molecular complexity index is 533. The maximum absolute atomic E-state index is 9.81. The third-order valence-electron chi connectivity index (χ3n) is 2.59. The summed E-state index contributed by atoms with van der Waals surface area (Å²) in [5.41, 5.74) is -0.261. The lowest BCUT2D eigenvalue weighted by Gasteiger charge is -2.36. The summed E-state index contributed by atoms with van der Waals surface area (Å²) in [7, 11) is 0. The van der Waals surface area contributed by atoms with Crippen LogP contribution in [0.25, 0.3) is 0 Å². The molecule has 4 nitrogen and oxygen atoms in total. The molecule has 0 aromatic carbocycles. The van der Waals surface area contributed by atoms with Crippen LogP contribution in [0.15, 0.2) is 43.0 Å². The van der Waals surface area contributed by atoms with Crippen LogP contribution in [0.2, 0.25) is 10.0 Å². The Morgan fingerprint density at radius 1 is 1.05 bits per heavy atom. The Morgan fingerprint density at radius 3 is 2.11 bits per heavy atom. The molecule has 0 radical (unpaired) electrons. The van der Waals surface area contributed by atoms with Crippen LogP contribution in [-0.2, 0) is 10.3 Å². The van der Waals surface area contributed by atoms with Crippen LogP contribution in [-0.4, -0.2) is 28.3 Å². The number of halogens is 2. The van der Waals surface area contributed by atoms with Crippen molar-refractivity contribution in [2.45, 2.75) is 5.60 Å². The highest BCUT2D eigenvalue weighted by Gasteiger charge is 2.39. The van der Waals surface area contributed by atoms with Crippen LogP contribution < -0.4 is 0 Å². The molecule has 1 aliphatic heterocycles. The predicted molar refractivity (Wildman–Crippen MR) is 73.2 cm³/mol. The lowest BCUT2D eigenvalue weighted by atomic mass is 9.94. The molecule has 1 N–H and O–H groups in total. The second-order valence-corrected chi connectivity index (χ2v) is 4.89. The zero-order valence-corrected chi connectivity index (χ0v) is 11.5. The Hall–Kier alpha value is -1.20. The molecule has 0 unspecified atom stereocenters. The molecule has 2 aromatic rings. The molecule has 0 atom stereocenters. The van der Waals surface area contributed by atoms with Gasteiger partial charge < -0.3 is 9.84 Å². The van der Waals surface area contributed by atoms with E-state index in [9.17, 15) is 5.11 Å². The van der Waals surface area contributed by atoms with Gasteiger partial charge in [-0.05, 0) is 18.2 Å². The zero-order valence-electron chi connectivity index (χ0n) is 9.96. The van der Waals surface area contributed by atoms with E-state index in [-0.39, 0.29) is 0 Å². The van der Waals surface area contributed by atoms with E-state index in [2.05, 4.69) is 9.97 Å². The number of rotatable bonds is 1. The standard InChI is InChI=1S/C8H8ClNO2.C5H4ClN/c9-7-1-2-10-3-6(7)8(11)4-12-5-8;6-5-1-3-7-4-2-5/h1-3,11H,4-5H2;1-4H. The van der Waals surface area contributed by atoms with Crippen molar-refractivity contribution >= 4 is 23.2 Å². The van der Waals surface area contributed by atoms with E-state index >= 15 is 0 Å². The first-order valence-electron chi connectivity index (χ1n) is 5.57. The summed E-state index contributed by atoms with van der Waals surface area (Å²) in [6.07, 6.45) is 6.48. The minimum absolute atomic E-state index is 0.304. The maximum atomic E-state index is 9.81. The minimum Gasteiger partial charge on any atom is -0.380 e. The summed E-state index contributed by atoms with van der Waals surface area (Å²) >= 11 is 11.4. The molecule has 6 heteroatoms. The number of nitrogens with zero attached hydrogens (tertiary/aromatic N) is 2. The molecular formula is C13H12Cl2N2O2. The molecule has 0 bridgehead atoms. The third-order valence-corrected chi connectivity index (χ3v) is 3.17. The van der Waals surface area contributed by atoms with E-state index in [1.54, 1.807) is 43.0 Å². The highest BCUT2D eigenvalue weighted by atomic mass is 35.5. The molecule has 0 saturated carbocycles. The molecule has 0 spiro atoms. The Morgan fingerprint density at radius 2 is 1.68 bits per heavy atom. The maximum Gasteiger partial charge on any atom is 0.139 e. The normalized spacial score (nSPS) is 15.9. The molecule has 2 aromatic heterocycles.